The normalized spacial score (nSPS) is 19.1. The Balaban J connectivity index is 1.89. The second kappa shape index (κ2) is 5.94. The highest BCUT2D eigenvalue weighted by Crippen LogP contribution is 2.29. The maximum absolute atomic E-state index is 2.49. The van der Waals surface area contributed by atoms with Crippen molar-refractivity contribution in [3.05, 3.63) is 0 Å². The van der Waals surface area contributed by atoms with Crippen molar-refractivity contribution in [2.45, 2.75) is 77.1 Å². The van der Waals surface area contributed by atoms with E-state index in [9.17, 15) is 0 Å². The van der Waals surface area contributed by atoms with Gasteiger partial charge in [-0.25, -0.2) is 0 Å². The Hall–Kier alpha value is 0.217. The van der Waals surface area contributed by atoms with Crippen LogP contribution in [-0.2, 0) is 0 Å². The van der Waals surface area contributed by atoms with Gasteiger partial charge in [-0.1, -0.05) is 77.1 Å². The van der Waals surface area contributed by atoms with Crippen LogP contribution in [0.2, 0.25) is 25.7 Å². The predicted octanol–water partition coefficient (Wildman–Crippen LogP) is 5.08. The topological polar surface area (TPSA) is 0 Å². The first-order chi connectivity index (χ1) is 6.58. The van der Waals surface area contributed by atoms with Crippen molar-refractivity contribution in [3.8, 4) is 0 Å². The molecule has 0 nitrogen and oxygen atoms in total. The summed E-state index contributed by atoms with van der Waals surface area (Å²) in [5.41, 5.74) is 0. The zero-order valence-electron chi connectivity index (χ0n) is 10.4. The Kier molecular flexibility index (Phi) is 5.22. The van der Waals surface area contributed by atoms with E-state index in [1.54, 1.807) is 0 Å². The van der Waals surface area contributed by atoms with Crippen LogP contribution >= 0.6 is 0 Å². The van der Waals surface area contributed by atoms with Crippen LogP contribution in [0.25, 0.3) is 0 Å². The molecule has 1 saturated carbocycles. The highest BCUT2D eigenvalue weighted by atomic mass is 28.3. The van der Waals surface area contributed by atoms with E-state index in [4.69, 9.17) is 0 Å². The Morgan fingerprint density at radius 1 is 0.929 bits per heavy atom. The summed E-state index contributed by atoms with van der Waals surface area (Å²) in [7, 11) is -0.739. The fourth-order valence-corrected chi connectivity index (χ4v) is 3.87. The lowest BCUT2D eigenvalue weighted by molar-refractivity contribution is 0.471. The molecule has 0 N–H and O–H groups in total. The molecule has 0 aliphatic heterocycles. The summed E-state index contributed by atoms with van der Waals surface area (Å²) < 4.78 is 0. The van der Waals surface area contributed by atoms with Crippen LogP contribution in [-0.4, -0.2) is 8.07 Å². The summed E-state index contributed by atoms with van der Waals surface area (Å²) in [6.07, 6.45) is 12.1. The van der Waals surface area contributed by atoms with Gasteiger partial charge >= 0.3 is 0 Å². The van der Waals surface area contributed by atoms with Crippen molar-refractivity contribution in [2.75, 3.05) is 0 Å². The van der Waals surface area contributed by atoms with E-state index in [0.29, 0.717) is 0 Å². The van der Waals surface area contributed by atoms with Gasteiger partial charge in [0, 0.05) is 8.07 Å². The van der Waals surface area contributed by atoms with Crippen molar-refractivity contribution >= 4 is 8.07 Å². The maximum atomic E-state index is 2.49. The molecule has 0 bridgehead atoms. The molecule has 0 saturated heterocycles. The van der Waals surface area contributed by atoms with Crippen LogP contribution in [0.15, 0.2) is 0 Å². The fraction of sp³-hybridized carbons (Fsp3) is 1.00. The van der Waals surface area contributed by atoms with E-state index in [-0.39, 0.29) is 0 Å². The second-order valence-corrected chi connectivity index (χ2v) is 11.9. The quantitative estimate of drug-likeness (QED) is 0.426. The molecule has 1 aliphatic carbocycles. The van der Waals surface area contributed by atoms with E-state index in [2.05, 4.69) is 19.6 Å². The van der Waals surface area contributed by atoms with Crippen LogP contribution in [0.1, 0.15) is 51.4 Å². The number of rotatable bonds is 6. The first kappa shape index (κ1) is 12.3. The summed E-state index contributed by atoms with van der Waals surface area (Å²) in [6, 6.07) is 1.54. The standard InChI is InChI=1S/C13H28Si/c1-14(2,3)12-8-4-5-9-13-10-6-7-11-13/h13H,4-12H2,1-3H3. The number of hydrogen-bond acceptors (Lipinski definition) is 0. The fourth-order valence-electron chi connectivity index (χ4n) is 2.56. The molecule has 0 amide bonds. The molecule has 1 rings (SSSR count). The van der Waals surface area contributed by atoms with Crippen molar-refractivity contribution in [2.24, 2.45) is 5.92 Å². The molecule has 0 aromatic heterocycles. The number of hydrogen-bond donors (Lipinski definition) is 0. The molecule has 0 unspecified atom stereocenters. The van der Waals surface area contributed by atoms with Gasteiger partial charge in [0.05, 0.1) is 0 Å². The van der Waals surface area contributed by atoms with Crippen LogP contribution in [0, 0.1) is 5.92 Å². The van der Waals surface area contributed by atoms with Gasteiger partial charge < -0.3 is 0 Å². The third-order valence-electron chi connectivity index (χ3n) is 3.51. The van der Waals surface area contributed by atoms with Gasteiger partial charge in [-0.2, -0.15) is 0 Å². The molecule has 1 aliphatic rings. The molecule has 1 fully saturated rings. The van der Waals surface area contributed by atoms with Gasteiger partial charge in [0.15, 0.2) is 0 Å². The van der Waals surface area contributed by atoms with Crippen LogP contribution in [0.4, 0.5) is 0 Å². The van der Waals surface area contributed by atoms with E-state index in [0.717, 1.165) is 5.92 Å². The van der Waals surface area contributed by atoms with E-state index >= 15 is 0 Å². The van der Waals surface area contributed by atoms with Crippen LogP contribution in [0.3, 0.4) is 0 Å². The smallest absolute Gasteiger partial charge is 0.0442 e. The Bertz CT molecular complexity index is 140. The van der Waals surface area contributed by atoms with E-state index in [1.165, 1.54) is 57.4 Å². The zero-order chi connectivity index (χ0) is 10.4. The highest BCUT2D eigenvalue weighted by molar-refractivity contribution is 6.76. The minimum absolute atomic E-state index is 0.739. The molecule has 84 valence electrons. The van der Waals surface area contributed by atoms with Crippen LogP contribution < -0.4 is 0 Å². The molecule has 14 heavy (non-hydrogen) atoms. The van der Waals surface area contributed by atoms with Gasteiger partial charge in [-0.3, -0.25) is 0 Å². The summed E-state index contributed by atoms with van der Waals surface area (Å²) in [5.74, 6) is 1.11. The SMILES string of the molecule is C[Si](C)(C)CCCCCC1CCCC1. The molecule has 0 aromatic carbocycles. The zero-order valence-corrected chi connectivity index (χ0v) is 11.4. The summed E-state index contributed by atoms with van der Waals surface area (Å²) in [4.78, 5) is 0. The lowest BCUT2D eigenvalue weighted by Gasteiger charge is -2.15. The third-order valence-corrected chi connectivity index (χ3v) is 5.37. The third kappa shape index (κ3) is 5.84. The molecular formula is C13H28Si. The minimum Gasteiger partial charge on any atom is -0.0695 e. The van der Waals surface area contributed by atoms with Gasteiger partial charge in [0.25, 0.3) is 0 Å². The van der Waals surface area contributed by atoms with Gasteiger partial charge in [0.1, 0.15) is 0 Å². The molecule has 1 heteroatoms. The summed E-state index contributed by atoms with van der Waals surface area (Å²) in [6.45, 7) is 7.47. The highest BCUT2D eigenvalue weighted by Gasteiger charge is 2.15. The maximum Gasteiger partial charge on any atom is 0.0442 e. The molecule has 0 radical (unpaired) electrons. The van der Waals surface area contributed by atoms with Crippen molar-refractivity contribution < 1.29 is 0 Å². The summed E-state index contributed by atoms with van der Waals surface area (Å²) in [5, 5.41) is 0. The van der Waals surface area contributed by atoms with Gasteiger partial charge in [-0.05, 0) is 5.92 Å². The average molecular weight is 212 g/mol. The van der Waals surface area contributed by atoms with Gasteiger partial charge in [-0.15, -0.1) is 0 Å². The first-order valence-corrected chi connectivity index (χ1v) is 10.3. The van der Waals surface area contributed by atoms with Crippen LogP contribution in [0.5, 0.6) is 0 Å². The van der Waals surface area contributed by atoms with Gasteiger partial charge in [0.2, 0.25) is 0 Å². The van der Waals surface area contributed by atoms with E-state index in [1.807, 2.05) is 0 Å². The monoisotopic (exact) mass is 212 g/mol. The first-order valence-electron chi connectivity index (χ1n) is 6.58. The van der Waals surface area contributed by atoms with Crippen molar-refractivity contribution in [3.63, 3.8) is 0 Å². The minimum atomic E-state index is -0.739. The van der Waals surface area contributed by atoms with Crippen molar-refractivity contribution in [1.29, 1.82) is 0 Å². The van der Waals surface area contributed by atoms with Crippen molar-refractivity contribution in [1.82, 2.24) is 0 Å². The molecule has 0 atom stereocenters. The Morgan fingerprint density at radius 3 is 2.14 bits per heavy atom. The lowest BCUT2D eigenvalue weighted by atomic mass is 10.0. The average Bonchev–Trinajstić information content (AvgIpc) is 2.54. The number of unbranched alkanes of at least 4 members (excludes halogenated alkanes) is 2. The molecule has 0 spiro atoms. The molecule has 0 heterocycles. The lowest BCUT2D eigenvalue weighted by Crippen LogP contribution is -2.18. The molecule has 0 aromatic rings. The Morgan fingerprint density at radius 2 is 1.57 bits per heavy atom. The predicted molar refractivity (Wildman–Crippen MR) is 68.6 cm³/mol. The Labute approximate surface area is 91.5 Å². The second-order valence-electron chi connectivity index (χ2n) is 6.31. The van der Waals surface area contributed by atoms with E-state index < -0.39 is 8.07 Å². The molecular weight excluding hydrogens is 184 g/mol. The largest absolute Gasteiger partial charge is 0.0695 e. The summed E-state index contributed by atoms with van der Waals surface area (Å²) >= 11 is 0.